The van der Waals surface area contributed by atoms with Gasteiger partial charge in [-0.25, -0.2) is 0 Å². The third-order valence-corrected chi connectivity index (χ3v) is 4.38. The van der Waals surface area contributed by atoms with Crippen LogP contribution in [0.1, 0.15) is 30.9 Å². The zero-order chi connectivity index (χ0) is 14.8. The van der Waals surface area contributed by atoms with Gasteiger partial charge in [-0.05, 0) is 24.1 Å². The summed E-state index contributed by atoms with van der Waals surface area (Å²) in [5.74, 6) is 0.334. The number of aliphatic hydroxyl groups is 1. The maximum Gasteiger partial charge on any atom is 0.135 e. The van der Waals surface area contributed by atoms with E-state index in [0.717, 1.165) is 36.1 Å². The standard InChI is InChI=1S/C15H18ClN3O2/c16-13-8-14-10(9-17-18-14)7-12(13)15(21)3-6-19-4-1-11(20)2-5-19/h7-9,15,21H,1-6H2,(H,17,18). The Morgan fingerprint density at radius 1 is 1.38 bits per heavy atom. The summed E-state index contributed by atoms with van der Waals surface area (Å²) in [7, 11) is 0. The first-order valence-electron chi connectivity index (χ1n) is 7.18. The van der Waals surface area contributed by atoms with E-state index in [9.17, 15) is 9.90 Å². The van der Waals surface area contributed by atoms with E-state index in [4.69, 9.17) is 11.6 Å². The Kier molecular flexibility index (Phi) is 4.24. The predicted octanol–water partition coefficient (Wildman–Crippen LogP) is 2.30. The summed E-state index contributed by atoms with van der Waals surface area (Å²) in [6.07, 6.45) is 2.97. The zero-order valence-electron chi connectivity index (χ0n) is 11.7. The molecule has 2 N–H and O–H groups in total. The van der Waals surface area contributed by atoms with Crippen molar-refractivity contribution in [3.05, 3.63) is 28.9 Å². The molecule has 2 heterocycles. The van der Waals surface area contributed by atoms with Crippen molar-refractivity contribution in [2.75, 3.05) is 19.6 Å². The van der Waals surface area contributed by atoms with Crippen LogP contribution in [-0.4, -0.2) is 45.6 Å². The van der Waals surface area contributed by atoms with Crippen LogP contribution < -0.4 is 0 Å². The van der Waals surface area contributed by atoms with Crippen LogP contribution in [0.4, 0.5) is 0 Å². The number of carbonyl (C=O) groups excluding carboxylic acids is 1. The van der Waals surface area contributed by atoms with Crippen LogP contribution in [0.15, 0.2) is 18.3 Å². The Morgan fingerprint density at radius 3 is 2.90 bits per heavy atom. The topological polar surface area (TPSA) is 69.2 Å². The fourth-order valence-corrected chi connectivity index (χ4v) is 3.01. The Labute approximate surface area is 127 Å². The van der Waals surface area contributed by atoms with Crippen molar-refractivity contribution in [1.29, 1.82) is 0 Å². The van der Waals surface area contributed by atoms with Gasteiger partial charge in [0, 0.05) is 42.9 Å². The Bertz CT molecular complexity index is 645. The Hall–Kier alpha value is -1.43. The van der Waals surface area contributed by atoms with Crippen molar-refractivity contribution >= 4 is 28.3 Å². The van der Waals surface area contributed by atoms with Gasteiger partial charge in [0.2, 0.25) is 0 Å². The largest absolute Gasteiger partial charge is 0.388 e. The molecule has 0 bridgehead atoms. The molecular weight excluding hydrogens is 290 g/mol. The minimum atomic E-state index is -0.602. The number of aliphatic hydroxyl groups excluding tert-OH is 1. The van der Waals surface area contributed by atoms with Crippen molar-refractivity contribution in [3.63, 3.8) is 0 Å². The first-order chi connectivity index (χ1) is 10.1. The lowest BCUT2D eigenvalue weighted by atomic mass is 10.0. The third kappa shape index (κ3) is 3.26. The molecule has 0 saturated carbocycles. The van der Waals surface area contributed by atoms with Crippen molar-refractivity contribution in [1.82, 2.24) is 15.1 Å². The molecule has 1 atom stereocenters. The van der Waals surface area contributed by atoms with Gasteiger partial charge in [0.15, 0.2) is 0 Å². The Balaban J connectivity index is 1.64. The minimum absolute atomic E-state index is 0.334. The predicted molar refractivity (Wildman–Crippen MR) is 81.4 cm³/mol. The highest BCUT2D eigenvalue weighted by atomic mass is 35.5. The summed E-state index contributed by atoms with van der Waals surface area (Å²) in [5.41, 5.74) is 1.60. The lowest BCUT2D eigenvalue weighted by molar-refractivity contribution is -0.121. The van der Waals surface area contributed by atoms with Gasteiger partial charge in [0.05, 0.1) is 17.8 Å². The molecule has 5 nitrogen and oxygen atoms in total. The van der Waals surface area contributed by atoms with E-state index in [2.05, 4.69) is 15.1 Å². The van der Waals surface area contributed by atoms with Crippen LogP contribution in [-0.2, 0) is 4.79 Å². The molecule has 1 unspecified atom stereocenters. The highest BCUT2D eigenvalue weighted by molar-refractivity contribution is 6.32. The fourth-order valence-electron chi connectivity index (χ4n) is 2.72. The van der Waals surface area contributed by atoms with Gasteiger partial charge in [-0.2, -0.15) is 5.10 Å². The van der Waals surface area contributed by atoms with E-state index in [1.54, 1.807) is 12.3 Å². The second-order valence-electron chi connectivity index (χ2n) is 5.52. The monoisotopic (exact) mass is 307 g/mol. The number of ketones is 1. The van der Waals surface area contributed by atoms with Crippen LogP contribution in [0, 0.1) is 0 Å². The van der Waals surface area contributed by atoms with Gasteiger partial charge in [-0.15, -0.1) is 0 Å². The smallest absolute Gasteiger partial charge is 0.135 e. The molecule has 1 aliphatic heterocycles. The number of aromatic amines is 1. The maximum absolute atomic E-state index is 11.2. The molecule has 1 aromatic carbocycles. The number of hydrogen-bond donors (Lipinski definition) is 2. The van der Waals surface area contributed by atoms with Crippen molar-refractivity contribution in [2.45, 2.75) is 25.4 Å². The van der Waals surface area contributed by atoms with Gasteiger partial charge >= 0.3 is 0 Å². The van der Waals surface area contributed by atoms with Gasteiger partial charge in [-0.3, -0.25) is 9.89 Å². The lowest BCUT2D eigenvalue weighted by Crippen LogP contribution is -2.35. The SMILES string of the molecule is O=C1CCN(CCC(O)c2cc3cn[nH]c3cc2Cl)CC1. The van der Waals surface area contributed by atoms with Gasteiger partial charge in [0.1, 0.15) is 5.78 Å². The molecule has 0 aliphatic carbocycles. The van der Waals surface area contributed by atoms with E-state index < -0.39 is 6.10 Å². The fraction of sp³-hybridized carbons (Fsp3) is 0.467. The number of fused-ring (bicyclic) bond motifs is 1. The molecule has 2 aromatic rings. The van der Waals surface area contributed by atoms with Crippen LogP contribution in [0.25, 0.3) is 10.9 Å². The first-order valence-corrected chi connectivity index (χ1v) is 7.56. The molecule has 0 radical (unpaired) electrons. The summed E-state index contributed by atoms with van der Waals surface area (Å²) in [6, 6.07) is 3.67. The van der Waals surface area contributed by atoms with Crippen molar-refractivity contribution < 1.29 is 9.90 Å². The van der Waals surface area contributed by atoms with Crippen LogP contribution in [0.2, 0.25) is 5.02 Å². The lowest BCUT2D eigenvalue weighted by Gasteiger charge is -2.26. The number of piperidine rings is 1. The highest BCUT2D eigenvalue weighted by Gasteiger charge is 2.19. The van der Waals surface area contributed by atoms with Crippen molar-refractivity contribution in [3.8, 4) is 0 Å². The molecule has 1 aliphatic rings. The summed E-state index contributed by atoms with van der Waals surface area (Å²) in [4.78, 5) is 13.4. The second kappa shape index (κ2) is 6.13. The normalized spacial score (nSPS) is 18.3. The molecule has 0 spiro atoms. The summed E-state index contributed by atoms with van der Waals surface area (Å²) in [6.45, 7) is 2.36. The van der Waals surface area contributed by atoms with E-state index in [1.165, 1.54) is 0 Å². The van der Waals surface area contributed by atoms with E-state index in [1.807, 2.05) is 6.07 Å². The summed E-state index contributed by atoms with van der Waals surface area (Å²) in [5, 5.41) is 18.7. The van der Waals surface area contributed by atoms with Gasteiger partial charge < -0.3 is 10.0 Å². The molecular formula is C15H18ClN3O2. The number of rotatable bonds is 4. The van der Waals surface area contributed by atoms with E-state index in [-0.39, 0.29) is 0 Å². The number of benzene rings is 1. The zero-order valence-corrected chi connectivity index (χ0v) is 12.4. The average Bonchev–Trinajstić information content (AvgIpc) is 2.92. The number of nitrogens with one attached hydrogen (secondary N) is 1. The van der Waals surface area contributed by atoms with Crippen molar-refractivity contribution in [2.24, 2.45) is 0 Å². The number of H-pyrrole nitrogens is 1. The minimum Gasteiger partial charge on any atom is -0.388 e. The average molecular weight is 308 g/mol. The number of likely N-dealkylation sites (tertiary alicyclic amines) is 1. The maximum atomic E-state index is 11.2. The highest BCUT2D eigenvalue weighted by Crippen LogP contribution is 2.29. The summed E-state index contributed by atoms with van der Waals surface area (Å²) >= 11 is 6.23. The number of Topliss-reactive ketones (excluding diaryl/α,β-unsaturated/α-hetero) is 1. The second-order valence-corrected chi connectivity index (χ2v) is 5.92. The Morgan fingerprint density at radius 2 is 2.14 bits per heavy atom. The number of carbonyl (C=O) groups is 1. The van der Waals surface area contributed by atoms with Crippen LogP contribution in [0.3, 0.4) is 0 Å². The molecule has 3 rings (SSSR count). The molecule has 0 amide bonds. The van der Waals surface area contributed by atoms with Gasteiger partial charge in [0.25, 0.3) is 0 Å². The number of hydrogen-bond acceptors (Lipinski definition) is 4. The number of halogens is 1. The third-order valence-electron chi connectivity index (χ3n) is 4.05. The molecule has 1 aromatic heterocycles. The first kappa shape index (κ1) is 14.5. The molecule has 6 heteroatoms. The van der Waals surface area contributed by atoms with Crippen LogP contribution >= 0.6 is 11.6 Å². The molecule has 21 heavy (non-hydrogen) atoms. The molecule has 1 fully saturated rings. The quantitative estimate of drug-likeness (QED) is 0.909. The number of nitrogens with zero attached hydrogens (tertiary/aromatic N) is 2. The van der Waals surface area contributed by atoms with E-state index >= 15 is 0 Å². The van der Waals surface area contributed by atoms with E-state index in [0.29, 0.717) is 30.1 Å². The summed E-state index contributed by atoms with van der Waals surface area (Å²) < 4.78 is 0. The van der Waals surface area contributed by atoms with Gasteiger partial charge in [-0.1, -0.05) is 11.6 Å². The van der Waals surface area contributed by atoms with Crippen LogP contribution in [0.5, 0.6) is 0 Å². The molecule has 1 saturated heterocycles. The molecule has 112 valence electrons. The number of aromatic nitrogens is 2.